The minimum atomic E-state index is -0.579. The Hall–Kier alpha value is -4.11. The molecule has 0 radical (unpaired) electrons. The topological polar surface area (TPSA) is 92.8 Å². The average Bonchev–Trinajstić information content (AvgIpc) is 3.69. The van der Waals surface area contributed by atoms with Crippen LogP contribution in [0.4, 0.5) is 4.39 Å². The van der Waals surface area contributed by atoms with Crippen molar-refractivity contribution in [3.8, 4) is 0 Å². The Bertz CT molecular complexity index is 1630. The molecule has 200 valence electrons. The van der Waals surface area contributed by atoms with Gasteiger partial charge in [-0.25, -0.2) is 9.07 Å². The fourth-order valence-corrected chi connectivity index (χ4v) is 5.85. The monoisotopic (exact) mass is 526 g/mol. The Balaban J connectivity index is 1.54. The lowest BCUT2D eigenvalue weighted by Gasteiger charge is -2.31. The van der Waals surface area contributed by atoms with Gasteiger partial charge in [0, 0.05) is 23.0 Å². The number of furan rings is 1. The van der Waals surface area contributed by atoms with E-state index in [2.05, 4.69) is 31.5 Å². The molecule has 3 heterocycles. The number of nitrogens with one attached hydrogen (secondary N) is 1. The van der Waals surface area contributed by atoms with E-state index in [4.69, 9.17) is 4.42 Å². The van der Waals surface area contributed by atoms with Crippen molar-refractivity contribution in [3.63, 3.8) is 0 Å². The number of hydrogen-bond acceptors (Lipinski definition) is 6. The SMILES string of the molecule is Cc1cc(C)c2cc([C@@H](c3nnnn3C3CCCC3)N(Cc3ccc(F)cc3)Cc3ccco3)c(=O)[nH]c2c1. The molecule has 5 aromatic rings. The molecule has 0 aliphatic heterocycles. The van der Waals surface area contributed by atoms with E-state index in [9.17, 15) is 9.18 Å². The van der Waals surface area contributed by atoms with Crippen molar-refractivity contribution < 1.29 is 8.81 Å². The van der Waals surface area contributed by atoms with Gasteiger partial charge in [0.05, 0.1) is 18.8 Å². The van der Waals surface area contributed by atoms with Crippen molar-refractivity contribution in [2.45, 2.75) is 64.7 Å². The predicted molar refractivity (Wildman–Crippen MR) is 146 cm³/mol. The Labute approximate surface area is 225 Å². The van der Waals surface area contributed by atoms with Crippen LogP contribution in [0.1, 0.15) is 71.6 Å². The summed E-state index contributed by atoms with van der Waals surface area (Å²) in [6.07, 6.45) is 5.86. The van der Waals surface area contributed by atoms with Crippen LogP contribution in [0.5, 0.6) is 0 Å². The van der Waals surface area contributed by atoms with Gasteiger partial charge < -0.3 is 9.40 Å². The van der Waals surface area contributed by atoms with Crippen LogP contribution >= 0.6 is 0 Å². The maximum absolute atomic E-state index is 13.8. The van der Waals surface area contributed by atoms with Crippen molar-refractivity contribution in [1.29, 1.82) is 0 Å². The number of nitrogens with zero attached hydrogens (tertiary/aromatic N) is 5. The van der Waals surface area contributed by atoms with Crippen LogP contribution < -0.4 is 5.56 Å². The normalized spacial score (nSPS) is 15.0. The summed E-state index contributed by atoms with van der Waals surface area (Å²) in [6, 6.07) is 15.9. The second-order valence-electron chi connectivity index (χ2n) is 10.5. The van der Waals surface area contributed by atoms with Gasteiger partial charge in [-0.2, -0.15) is 0 Å². The van der Waals surface area contributed by atoms with Crippen LogP contribution in [-0.2, 0) is 13.1 Å². The number of H-pyrrole nitrogens is 1. The lowest BCUT2D eigenvalue weighted by Crippen LogP contribution is -2.35. The minimum Gasteiger partial charge on any atom is -0.468 e. The molecule has 9 heteroatoms. The summed E-state index contributed by atoms with van der Waals surface area (Å²) >= 11 is 0. The van der Waals surface area contributed by atoms with Crippen molar-refractivity contribution in [2.75, 3.05) is 0 Å². The molecule has 2 aromatic carbocycles. The van der Waals surface area contributed by atoms with Gasteiger partial charge in [0.25, 0.3) is 5.56 Å². The molecule has 8 nitrogen and oxygen atoms in total. The number of hydrogen-bond donors (Lipinski definition) is 1. The highest BCUT2D eigenvalue weighted by atomic mass is 19.1. The summed E-state index contributed by atoms with van der Waals surface area (Å²) < 4.78 is 21.4. The number of benzene rings is 2. The highest BCUT2D eigenvalue weighted by Gasteiger charge is 2.34. The second kappa shape index (κ2) is 10.6. The van der Waals surface area contributed by atoms with Crippen LogP contribution in [0.15, 0.2) is 70.1 Å². The van der Waals surface area contributed by atoms with Gasteiger partial charge in [0.2, 0.25) is 0 Å². The number of fused-ring (bicyclic) bond motifs is 1. The molecule has 0 bridgehead atoms. The van der Waals surface area contributed by atoms with Gasteiger partial charge >= 0.3 is 0 Å². The number of aromatic amines is 1. The van der Waals surface area contributed by atoms with Crippen LogP contribution in [0, 0.1) is 19.7 Å². The van der Waals surface area contributed by atoms with Gasteiger partial charge in [-0.1, -0.05) is 31.0 Å². The Morgan fingerprint density at radius 3 is 2.64 bits per heavy atom. The zero-order valence-corrected chi connectivity index (χ0v) is 22.1. The molecule has 0 spiro atoms. The molecule has 1 aliphatic rings. The van der Waals surface area contributed by atoms with Crippen LogP contribution in [0.2, 0.25) is 0 Å². The standard InChI is InChI=1S/C30H31FN6O2/c1-19-14-20(2)25-16-26(30(38)32-27(25)15-19)28(29-33-34-35-37(29)23-6-3-4-7-23)36(18-24-8-5-13-39-24)17-21-9-11-22(31)12-10-21/h5,8-16,23,28H,3-4,6-7,17-18H2,1-2H3,(H,32,38)/t28-/m0/s1. The zero-order valence-electron chi connectivity index (χ0n) is 22.1. The second-order valence-corrected chi connectivity index (χ2v) is 10.5. The van der Waals surface area contributed by atoms with Crippen molar-refractivity contribution in [3.05, 3.63) is 111 Å². The van der Waals surface area contributed by atoms with Gasteiger partial charge in [-0.05, 0) is 90.2 Å². The van der Waals surface area contributed by atoms with E-state index < -0.39 is 6.04 Å². The van der Waals surface area contributed by atoms with E-state index in [1.165, 1.54) is 12.1 Å². The summed E-state index contributed by atoms with van der Waals surface area (Å²) in [7, 11) is 0. The molecular formula is C30H31FN6O2. The smallest absolute Gasteiger partial charge is 0.253 e. The lowest BCUT2D eigenvalue weighted by atomic mass is 9.99. The molecular weight excluding hydrogens is 495 g/mol. The number of rotatable bonds is 8. The predicted octanol–water partition coefficient (Wildman–Crippen LogP) is 5.77. The molecule has 0 saturated heterocycles. The Kier molecular flexibility index (Phi) is 6.83. The highest BCUT2D eigenvalue weighted by Crippen LogP contribution is 2.35. The quantitative estimate of drug-likeness (QED) is 0.276. The van der Waals surface area contributed by atoms with Gasteiger partial charge in [-0.15, -0.1) is 5.10 Å². The number of tetrazole rings is 1. The lowest BCUT2D eigenvalue weighted by molar-refractivity contribution is 0.176. The molecule has 1 N–H and O–H groups in total. The molecule has 1 fully saturated rings. The van der Waals surface area contributed by atoms with E-state index in [1.807, 2.05) is 42.8 Å². The number of aromatic nitrogens is 5. The van der Waals surface area contributed by atoms with E-state index >= 15 is 0 Å². The van der Waals surface area contributed by atoms with Crippen LogP contribution in [-0.4, -0.2) is 30.1 Å². The maximum Gasteiger partial charge on any atom is 0.253 e. The first-order chi connectivity index (χ1) is 19.0. The van der Waals surface area contributed by atoms with Gasteiger partial charge in [-0.3, -0.25) is 9.69 Å². The Morgan fingerprint density at radius 2 is 1.90 bits per heavy atom. The Morgan fingerprint density at radius 1 is 1.10 bits per heavy atom. The van der Waals surface area contributed by atoms with E-state index in [0.29, 0.717) is 24.5 Å². The third kappa shape index (κ3) is 5.14. The van der Waals surface area contributed by atoms with Crippen LogP contribution in [0.25, 0.3) is 10.9 Å². The van der Waals surface area contributed by atoms with Gasteiger partial charge in [0.1, 0.15) is 17.6 Å². The van der Waals surface area contributed by atoms with E-state index in [0.717, 1.165) is 59.0 Å². The number of pyridine rings is 1. The van der Waals surface area contributed by atoms with E-state index in [-0.39, 0.29) is 17.4 Å². The number of halogens is 1. The fourth-order valence-electron chi connectivity index (χ4n) is 5.85. The molecule has 0 unspecified atom stereocenters. The highest BCUT2D eigenvalue weighted by molar-refractivity contribution is 5.83. The third-order valence-corrected chi connectivity index (χ3v) is 7.67. The van der Waals surface area contributed by atoms with E-state index in [1.54, 1.807) is 18.4 Å². The van der Waals surface area contributed by atoms with Crippen molar-refractivity contribution >= 4 is 10.9 Å². The van der Waals surface area contributed by atoms with Crippen molar-refractivity contribution in [2.24, 2.45) is 0 Å². The summed E-state index contributed by atoms with van der Waals surface area (Å²) in [6.45, 7) is 4.89. The van der Waals surface area contributed by atoms with Gasteiger partial charge in [0.15, 0.2) is 5.82 Å². The molecule has 1 saturated carbocycles. The third-order valence-electron chi connectivity index (χ3n) is 7.67. The molecule has 6 rings (SSSR count). The molecule has 0 amide bonds. The first-order valence-corrected chi connectivity index (χ1v) is 13.4. The molecule has 3 aromatic heterocycles. The van der Waals surface area contributed by atoms with Crippen LogP contribution in [0.3, 0.4) is 0 Å². The molecule has 39 heavy (non-hydrogen) atoms. The molecule has 1 aliphatic carbocycles. The first kappa shape index (κ1) is 25.2. The number of aryl methyl sites for hydroxylation is 2. The maximum atomic E-state index is 13.8. The van der Waals surface area contributed by atoms with Crippen molar-refractivity contribution in [1.82, 2.24) is 30.1 Å². The summed E-state index contributed by atoms with van der Waals surface area (Å²) in [5.41, 5.74) is 4.22. The largest absolute Gasteiger partial charge is 0.468 e. The summed E-state index contributed by atoms with van der Waals surface area (Å²) in [4.78, 5) is 19.0. The summed E-state index contributed by atoms with van der Waals surface area (Å²) in [5.74, 6) is 1.06. The zero-order chi connectivity index (χ0) is 26.9. The summed E-state index contributed by atoms with van der Waals surface area (Å²) in [5, 5.41) is 14.0. The minimum absolute atomic E-state index is 0.178. The fraction of sp³-hybridized carbons (Fsp3) is 0.333. The first-order valence-electron chi connectivity index (χ1n) is 13.4. The average molecular weight is 527 g/mol. The molecule has 1 atom stereocenters.